The largest absolute Gasteiger partial charge is 0.389 e. The SMILES string of the molecule is OC1(CNC2CCCCC2C2CCCCC2)CCCCC1. The molecule has 3 aliphatic rings. The minimum Gasteiger partial charge on any atom is -0.389 e. The van der Waals surface area contributed by atoms with E-state index in [2.05, 4.69) is 5.32 Å². The first kappa shape index (κ1) is 15.8. The van der Waals surface area contributed by atoms with E-state index in [-0.39, 0.29) is 0 Å². The molecule has 0 saturated heterocycles. The van der Waals surface area contributed by atoms with Crippen LogP contribution in [0.5, 0.6) is 0 Å². The molecule has 0 amide bonds. The molecule has 3 rings (SSSR count). The normalized spacial score (nSPS) is 34.7. The molecular formula is C19H35NO. The quantitative estimate of drug-likeness (QED) is 0.804. The van der Waals surface area contributed by atoms with Crippen molar-refractivity contribution in [1.29, 1.82) is 0 Å². The molecule has 0 aliphatic heterocycles. The molecule has 2 heteroatoms. The summed E-state index contributed by atoms with van der Waals surface area (Å²) in [5.41, 5.74) is -0.396. The standard InChI is InChI=1S/C19H35NO/c21-19(13-7-2-8-14-19)15-20-18-12-6-5-11-17(18)16-9-3-1-4-10-16/h16-18,20-21H,1-15H2. The fourth-order valence-electron chi connectivity index (χ4n) is 5.25. The maximum Gasteiger partial charge on any atom is 0.0771 e. The maximum atomic E-state index is 10.7. The Hall–Kier alpha value is -0.0800. The lowest BCUT2D eigenvalue weighted by Crippen LogP contribution is -2.50. The van der Waals surface area contributed by atoms with Crippen LogP contribution >= 0.6 is 0 Å². The Balaban J connectivity index is 1.53. The highest BCUT2D eigenvalue weighted by Crippen LogP contribution is 2.38. The number of hydrogen-bond acceptors (Lipinski definition) is 2. The Kier molecular flexibility index (Phi) is 5.61. The molecule has 3 saturated carbocycles. The summed E-state index contributed by atoms with van der Waals surface area (Å²) in [6, 6.07) is 0.688. The van der Waals surface area contributed by atoms with E-state index in [1.54, 1.807) is 0 Å². The molecule has 3 aliphatic carbocycles. The molecule has 0 heterocycles. The summed E-state index contributed by atoms with van der Waals surface area (Å²) in [4.78, 5) is 0. The third-order valence-electron chi connectivity index (χ3n) is 6.55. The summed E-state index contributed by atoms with van der Waals surface area (Å²) in [6.07, 6.45) is 18.7. The lowest BCUT2D eigenvalue weighted by molar-refractivity contribution is -0.00254. The summed E-state index contributed by atoms with van der Waals surface area (Å²) in [5, 5.41) is 14.6. The molecule has 0 aromatic heterocycles. The highest BCUT2D eigenvalue weighted by Gasteiger charge is 2.35. The molecule has 2 atom stereocenters. The molecule has 0 spiro atoms. The Labute approximate surface area is 131 Å². The predicted octanol–water partition coefficient (Wildman–Crippen LogP) is 4.41. The highest BCUT2D eigenvalue weighted by atomic mass is 16.3. The lowest BCUT2D eigenvalue weighted by Gasteiger charge is -2.41. The van der Waals surface area contributed by atoms with E-state index in [4.69, 9.17) is 0 Å². The van der Waals surface area contributed by atoms with Crippen LogP contribution in [-0.2, 0) is 0 Å². The van der Waals surface area contributed by atoms with Gasteiger partial charge >= 0.3 is 0 Å². The second-order valence-electron chi connectivity index (χ2n) is 8.12. The molecule has 2 N–H and O–H groups in total. The zero-order valence-corrected chi connectivity index (χ0v) is 13.8. The number of rotatable bonds is 4. The molecule has 2 nitrogen and oxygen atoms in total. The van der Waals surface area contributed by atoms with E-state index >= 15 is 0 Å². The summed E-state index contributed by atoms with van der Waals surface area (Å²) in [5.74, 6) is 1.86. The average molecular weight is 293 g/mol. The van der Waals surface area contributed by atoms with Gasteiger partial charge < -0.3 is 10.4 Å². The second-order valence-corrected chi connectivity index (χ2v) is 8.12. The van der Waals surface area contributed by atoms with Crippen molar-refractivity contribution in [2.45, 2.75) is 102 Å². The number of hydrogen-bond donors (Lipinski definition) is 2. The van der Waals surface area contributed by atoms with Crippen LogP contribution in [0.25, 0.3) is 0 Å². The van der Waals surface area contributed by atoms with Crippen LogP contribution in [0.3, 0.4) is 0 Å². The second kappa shape index (κ2) is 7.46. The summed E-state index contributed by atoms with van der Waals surface area (Å²) >= 11 is 0. The van der Waals surface area contributed by atoms with Crippen molar-refractivity contribution >= 4 is 0 Å². The van der Waals surface area contributed by atoms with Crippen LogP contribution < -0.4 is 5.32 Å². The van der Waals surface area contributed by atoms with Crippen LogP contribution in [0.2, 0.25) is 0 Å². The van der Waals surface area contributed by atoms with Crippen LogP contribution in [0.1, 0.15) is 89.9 Å². The molecule has 122 valence electrons. The van der Waals surface area contributed by atoms with Gasteiger partial charge in [-0.05, 0) is 37.5 Å². The van der Waals surface area contributed by atoms with Gasteiger partial charge in [-0.2, -0.15) is 0 Å². The summed E-state index contributed by atoms with van der Waals surface area (Å²) in [6.45, 7) is 0.848. The van der Waals surface area contributed by atoms with Gasteiger partial charge in [0.05, 0.1) is 5.60 Å². The molecule has 3 fully saturated rings. The number of aliphatic hydroxyl groups is 1. The van der Waals surface area contributed by atoms with Gasteiger partial charge in [-0.3, -0.25) is 0 Å². The maximum absolute atomic E-state index is 10.7. The summed E-state index contributed by atoms with van der Waals surface area (Å²) < 4.78 is 0. The monoisotopic (exact) mass is 293 g/mol. The smallest absolute Gasteiger partial charge is 0.0771 e. The molecule has 21 heavy (non-hydrogen) atoms. The van der Waals surface area contributed by atoms with Crippen LogP contribution in [0.15, 0.2) is 0 Å². The van der Waals surface area contributed by atoms with E-state index in [0.717, 1.165) is 31.2 Å². The van der Waals surface area contributed by atoms with Crippen LogP contribution in [0.4, 0.5) is 0 Å². The molecule has 0 radical (unpaired) electrons. The fourth-order valence-corrected chi connectivity index (χ4v) is 5.25. The zero-order chi connectivity index (χ0) is 14.5. The van der Waals surface area contributed by atoms with Crippen molar-refractivity contribution < 1.29 is 5.11 Å². The third-order valence-corrected chi connectivity index (χ3v) is 6.55. The van der Waals surface area contributed by atoms with Crippen molar-refractivity contribution in [3.8, 4) is 0 Å². The van der Waals surface area contributed by atoms with Gasteiger partial charge in [0.15, 0.2) is 0 Å². The summed E-state index contributed by atoms with van der Waals surface area (Å²) in [7, 11) is 0. The van der Waals surface area contributed by atoms with E-state index in [1.807, 2.05) is 0 Å². The fraction of sp³-hybridized carbons (Fsp3) is 1.00. The first-order valence-corrected chi connectivity index (χ1v) is 9.73. The van der Waals surface area contributed by atoms with E-state index in [9.17, 15) is 5.11 Å². The van der Waals surface area contributed by atoms with Crippen LogP contribution in [0, 0.1) is 11.8 Å². The Morgan fingerprint density at radius 3 is 2.14 bits per heavy atom. The van der Waals surface area contributed by atoms with Crippen molar-refractivity contribution in [1.82, 2.24) is 5.32 Å². The van der Waals surface area contributed by atoms with Crippen molar-refractivity contribution in [3.05, 3.63) is 0 Å². The van der Waals surface area contributed by atoms with Crippen LogP contribution in [-0.4, -0.2) is 23.3 Å². The Morgan fingerprint density at radius 1 is 0.762 bits per heavy atom. The minimum atomic E-state index is -0.396. The van der Waals surface area contributed by atoms with Gasteiger partial charge in [0.2, 0.25) is 0 Å². The van der Waals surface area contributed by atoms with Crippen molar-refractivity contribution in [2.75, 3.05) is 6.54 Å². The van der Waals surface area contributed by atoms with Gasteiger partial charge in [0.1, 0.15) is 0 Å². The first-order valence-electron chi connectivity index (χ1n) is 9.73. The highest BCUT2D eigenvalue weighted by molar-refractivity contribution is 4.91. The van der Waals surface area contributed by atoms with Crippen molar-refractivity contribution in [3.63, 3.8) is 0 Å². The van der Waals surface area contributed by atoms with Gasteiger partial charge in [0, 0.05) is 12.6 Å². The third kappa shape index (κ3) is 4.22. The van der Waals surface area contributed by atoms with Gasteiger partial charge in [-0.15, -0.1) is 0 Å². The topological polar surface area (TPSA) is 32.3 Å². The lowest BCUT2D eigenvalue weighted by atomic mass is 9.70. The average Bonchev–Trinajstić information content (AvgIpc) is 2.55. The predicted molar refractivity (Wildman–Crippen MR) is 88.4 cm³/mol. The molecule has 0 aromatic rings. The minimum absolute atomic E-state index is 0.396. The molecule has 0 bridgehead atoms. The molecule has 0 aromatic carbocycles. The molecule has 2 unspecified atom stereocenters. The zero-order valence-electron chi connectivity index (χ0n) is 13.8. The van der Waals surface area contributed by atoms with Gasteiger partial charge in [-0.1, -0.05) is 64.2 Å². The first-order chi connectivity index (χ1) is 10.3. The Morgan fingerprint density at radius 2 is 1.38 bits per heavy atom. The molecular weight excluding hydrogens is 258 g/mol. The van der Waals surface area contributed by atoms with E-state index in [1.165, 1.54) is 77.0 Å². The van der Waals surface area contributed by atoms with Gasteiger partial charge in [0.25, 0.3) is 0 Å². The Bertz CT molecular complexity index is 305. The number of nitrogens with one attached hydrogen (secondary N) is 1. The van der Waals surface area contributed by atoms with E-state index < -0.39 is 5.60 Å². The van der Waals surface area contributed by atoms with Crippen molar-refractivity contribution in [2.24, 2.45) is 11.8 Å². The van der Waals surface area contributed by atoms with E-state index in [0.29, 0.717) is 6.04 Å². The van der Waals surface area contributed by atoms with Gasteiger partial charge in [-0.25, -0.2) is 0 Å².